The van der Waals surface area contributed by atoms with E-state index in [0.717, 1.165) is 5.56 Å². The molecule has 1 amide bonds. The van der Waals surface area contributed by atoms with E-state index in [1.54, 1.807) is 19.1 Å². The third kappa shape index (κ3) is 6.54. The molecule has 0 heterocycles. The van der Waals surface area contributed by atoms with E-state index < -0.39 is 18.9 Å². The maximum Gasteiger partial charge on any atom is 0.422 e. The fourth-order valence-corrected chi connectivity index (χ4v) is 1.23. The van der Waals surface area contributed by atoms with Gasteiger partial charge in [-0.3, -0.25) is 0 Å². The topological polar surface area (TPSA) is 47.6 Å². The summed E-state index contributed by atoms with van der Waals surface area (Å²) in [4.78, 5) is 11.0. The molecule has 7 heteroatoms. The quantitative estimate of drug-likeness (QED) is 0.900. The molecule has 0 spiro atoms. The first kappa shape index (κ1) is 15.1. The van der Waals surface area contributed by atoms with E-state index in [1.165, 1.54) is 12.1 Å². The van der Waals surface area contributed by atoms with Gasteiger partial charge in [0.15, 0.2) is 6.61 Å². The number of benzene rings is 1. The maximum absolute atomic E-state index is 11.9. The van der Waals surface area contributed by atoms with Crippen LogP contribution in [0.5, 0.6) is 5.75 Å². The molecule has 1 N–H and O–H groups in total. The van der Waals surface area contributed by atoms with Crippen molar-refractivity contribution in [2.45, 2.75) is 19.6 Å². The molecule has 1 rings (SSSR count). The minimum absolute atomic E-state index is 0.122. The number of rotatable bonds is 5. The van der Waals surface area contributed by atoms with E-state index in [4.69, 9.17) is 0 Å². The van der Waals surface area contributed by atoms with Crippen molar-refractivity contribution in [2.24, 2.45) is 0 Å². The lowest BCUT2D eigenvalue weighted by molar-refractivity contribution is -0.153. The summed E-state index contributed by atoms with van der Waals surface area (Å²) in [5, 5.41) is 2.49. The van der Waals surface area contributed by atoms with E-state index in [-0.39, 0.29) is 18.9 Å². The van der Waals surface area contributed by atoms with Crippen molar-refractivity contribution >= 4 is 6.09 Å². The summed E-state index contributed by atoms with van der Waals surface area (Å²) >= 11 is 0. The van der Waals surface area contributed by atoms with Crippen molar-refractivity contribution in [3.8, 4) is 5.75 Å². The molecule has 0 saturated carbocycles. The van der Waals surface area contributed by atoms with Crippen LogP contribution in [0.25, 0.3) is 0 Å². The van der Waals surface area contributed by atoms with Gasteiger partial charge in [0.05, 0.1) is 6.61 Å². The second-order valence-electron chi connectivity index (χ2n) is 3.62. The van der Waals surface area contributed by atoms with Crippen LogP contribution in [0.2, 0.25) is 0 Å². The van der Waals surface area contributed by atoms with Crippen molar-refractivity contribution in [2.75, 3.05) is 13.2 Å². The lowest BCUT2D eigenvalue weighted by Crippen LogP contribution is -2.23. The van der Waals surface area contributed by atoms with E-state index in [2.05, 4.69) is 14.8 Å². The van der Waals surface area contributed by atoms with Crippen LogP contribution in [-0.4, -0.2) is 25.5 Å². The van der Waals surface area contributed by atoms with Crippen LogP contribution in [0.3, 0.4) is 0 Å². The van der Waals surface area contributed by atoms with Gasteiger partial charge in [0.25, 0.3) is 0 Å². The average molecular weight is 277 g/mol. The van der Waals surface area contributed by atoms with Gasteiger partial charge in [-0.05, 0) is 24.6 Å². The molecular formula is C12H14F3NO3. The molecule has 0 bridgehead atoms. The molecule has 0 aliphatic heterocycles. The number of hydrogen-bond donors (Lipinski definition) is 1. The number of amides is 1. The Morgan fingerprint density at radius 3 is 2.42 bits per heavy atom. The largest absolute Gasteiger partial charge is 0.484 e. The zero-order chi connectivity index (χ0) is 14.3. The molecule has 4 nitrogen and oxygen atoms in total. The van der Waals surface area contributed by atoms with Gasteiger partial charge in [-0.2, -0.15) is 13.2 Å². The SMILES string of the molecule is CCOC(=O)NCc1ccc(OCC(F)(F)F)cc1. The Morgan fingerprint density at radius 2 is 1.89 bits per heavy atom. The number of alkyl halides is 3. The molecule has 0 saturated heterocycles. The lowest BCUT2D eigenvalue weighted by Gasteiger charge is -2.10. The van der Waals surface area contributed by atoms with Crippen LogP contribution >= 0.6 is 0 Å². The van der Waals surface area contributed by atoms with E-state index in [1.807, 2.05) is 0 Å². The number of alkyl carbamates (subject to hydrolysis) is 1. The highest BCUT2D eigenvalue weighted by atomic mass is 19.4. The van der Waals surface area contributed by atoms with Crippen LogP contribution in [0.4, 0.5) is 18.0 Å². The van der Waals surface area contributed by atoms with Crippen molar-refractivity contribution in [3.63, 3.8) is 0 Å². The summed E-state index contributed by atoms with van der Waals surface area (Å²) < 4.78 is 45.0. The highest BCUT2D eigenvalue weighted by Gasteiger charge is 2.28. The average Bonchev–Trinajstić information content (AvgIpc) is 2.34. The Hall–Kier alpha value is -1.92. The molecule has 0 aliphatic carbocycles. The van der Waals surface area contributed by atoms with Crippen LogP contribution in [-0.2, 0) is 11.3 Å². The minimum Gasteiger partial charge on any atom is -0.484 e. The molecule has 19 heavy (non-hydrogen) atoms. The third-order valence-corrected chi connectivity index (χ3v) is 2.04. The molecular weight excluding hydrogens is 263 g/mol. The van der Waals surface area contributed by atoms with Crippen molar-refractivity contribution in [3.05, 3.63) is 29.8 Å². The summed E-state index contributed by atoms with van der Waals surface area (Å²) in [5.74, 6) is 0.122. The van der Waals surface area contributed by atoms with Crippen molar-refractivity contribution in [1.82, 2.24) is 5.32 Å². The lowest BCUT2D eigenvalue weighted by atomic mass is 10.2. The standard InChI is InChI=1S/C12H14F3NO3/c1-2-18-11(17)16-7-9-3-5-10(6-4-9)19-8-12(13,14)15/h3-6H,2,7-8H2,1H3,(H,16,17). The molecule has 1 aromatic carbocycles. The Kier molecular flexibility index (Phi) is 5.47. The first-order valence-corrected chi connectivity index (χ1v) is 5.60. The molecule has 0 fully saturated rings. The molecule has 0 radical (unpaired) electrons. The molecule has 0 atom stereocenters. The second-order valence-corrected chi connectivity index (χ2v) is 3.62. The Labute approximate surface area is 108 Å². The maximum atomic E-state index is 11.9. The fourth-order valence-electron chi connectivity index (χ4n) is 1.23. The number of carbonyl (C=O) groups excluding carboxylic acids is 1. The highest BCUT2D eigenvalue weighted by Crippen LogP contribution is 2.18. The Bertz CT molecular complexity index is 404. The first-order chi connectivity index (χ1) is 8.90. The van der Waals surface area contributed by atoms with Crippen LogP contribution in [0.15, 0.2) is 24.3 Å². The summed E-state index contributed by atoms with van der Waals surface area (Å²) in [7, 11) is 0. The van der Waals surface area contributed by atoms with Gasteiger partial charge in [0, 0.05) is 6.54 Å². The van der Waals surface area contributed by atoms with Gasteiger partial charge in [-0.1, -0.05) is 12.1 Å². The normalized spacial score (nSPS) is 10.9. The van der Waals surface area contributed by atoms with Gasteiger partial charge >= 0.3 is 12.3 Å². The second kappa shape index (κ2) is 6.86. The molecule has 106 valence electrons. The van der Waals surface area contributed by atoms with Gasteiger partial charge in [-0.25, -0.2) is 4.79 Å². The van der Waals surface area contributed by atoms with Crippen LogP contribution in [0.1, 0.15) is 12.5 Å². The Morgan fingerprint density at radius 1 is 1.26 bits per heavy atom. The van der Waals surface area contributed by atoms with E-state index >= 15 is 0 Å². The summed E-state index contributed by atoms with van der Waals surface area (Å²) in [6, 6.07) is 5.96. The molecule has 1 aromatic rings. The molecule has 0 aliphatic rings. The summed E-state index contributed by atoms with van der Waals surface area (Å²) in [5.41, 5.74) is 0.729. The minimum atomic E-state index is -4.36. The van der Waals surface area contributed by atoms with Gasteiger partial charge in [0.1, 0.15) is 5.75 Å². The van der Waals surface area contributed by atoms with Gasteiger partial charge in [-0.15, -0.1) is 0 Å². The van der Waals surface area contributed by atoms with Crippen LogP contribution in [0, 0.1) is 0 Å². The smallest absolute Gasteiger partial charge is 0.422 e. The van der Waals surface area contributed by atoms with Gasteiger partial charge < -0.3 is 14.8 Å². The number of hydrogen-bond acceptors (Lipinski definition) is 3. The zero-order valence-electron chi connectivity index (χ0n) is 10.3. The molecule has 0 aromatic heterocycles. The predicted molar refractivity (Wildman–Crippen MR) is 61.9 cm³/mol. The van der Waals surface area contributed by atoms with E-state index in [9.17, 15) is 18.0 Å². The van der Waals surface area contributed by atoms with Crippen molar-refractivity contribution in [1.29, 1.82) is 0 Å². The highest BCUT2D eigenvalue weighted by molar-refractivity contribution is 5.67. The van der Waals surface area contributed by atoms with Crippen molar-refractivity contribution < 1.29 is 27.4 Å². The van der Waals surface area contributed by atoms with E-state index in [0.29, 0.717) is 0 Å². The number of carbonyl (C=O) groups is 1. The van der Waals surface area contributed by atoms with Gasteiger partial charge in [0.2, 0.25) is 0 Å². The Balaban J connectivity index is 2.41. The zero-order valence-corrected chi connectivity index (χ0v) is 10.3. The fraction of sp³-hybridized carbons (Fsp3) is 0.417. The van der Waals surface area contributed by atoms with Crippen LogP contribution < -0.4 is 10.1 Å². The number of nitrogens with one attached hydrogen (secondary N) is 1. The molecule has 0 unspecified atom stereocenters. The number of halogens is 3. The first-order valence-electron chi connectivity index (χ1n) is 5.60. The third-order valence-electron chi connectivity index (χ3n) is 2.04. The predicted octanol–water partition coefficient (Wildman–Crippen LogP) is 2.87. The number of ether oxygens (including phenoxy) is 2. The summed E-state index contributed by atoms with van der Waals surface area (Å²) in [6.07, 6.45) is -4.90. The summed E-state index contributed by atoms with van der Waals surface area (Å²) in [6.45, 7) is 0.869. The monoisotopic (exact) mass is 277 g/mol.